The van der Waals surface area contributed by atoms with Crippen molar-refractivity contribution in [2.75, 3.05) is 11.8 Å². The van der Waals surface area contributed by atoms with Gasteiger partial charge in [0.25, 0.3) is 0 Å². The van der Waals surface area contributed by atoms with Gasteiger partial charge in [-0.25, -0.2) is 0 Å². The highest BCUT2D eigenvalue weighted by atomic mass is 35.5. The van der Waals surface area contributed by atoms with Crippen molar-refractivity contribution in [3.05, 3.63) is 34.9 Å². The molecule has 0 saturated heterocycles. The number of fused-ring (bicyclic) bond motifs is 1. The predicted molar refractivity (Wildman–Crippen MR) is 86.4 cm³/mol. The monoisotopic (exact) mass is 329 g/mol. The third-order valence-electron chi connectivity index (χ3n) is 4.42. The van der Waals surface area contributed by atoms with E-state index in [9.17, 15) is 9.90 Å². The quantitative estimate of drug-likeness (QED) is 0.787. The molecule has 1 aromatic rings. The number of hydrogen-bond acceptors (Lipinski definition) is 2. The Morgan fingerprint density at radius 3 is 2.57 bits per heavy atom. The highest BCUT2D eigenvalue weighted by molar-refractivity contribution is 6.18. The molecule has 1 aliphatic carbocycles. The lowest BCUT2D eigenvalue weighted by molar-refractivity contribution is -0.143. The molecule has 0 bridgehead atoms. The van der Waals surface area contributed by atoms with Gasteiger partial charge < -0.3 is 10.8 Å². The molecule has 2 rings (SSSR count). The van der Waals surface area contributed by atoms with Crippen LogP contribution in [0.2, 0.25) is 0 Å². The van der Waals surface area contributed by atoms with Crippen LogP contribution in [0.1, 0.15) is 41.9 Å². The second-order valence-corrected chi connectivity index (χ2v) is 6.53. The zero-order valence-electron chi connectivity index (χ0n) is 11.9. The van der Waals surface area contributed by atoms with E-state index < -0.39 is 11.5 Å². The maximum atomic E-state index is 11.5. The van der Waals surface area contributed by atoms with E-state index in [-0.39, 0.29) is 5.92 Å². The summed E-state index contributed by atoms with van der Waals surface area (Å²) in [7, 11) is 0. The van der Waals surface area contributed by atoms with Gasteiger partial charge in [-0.3, -0.25) is 4.79 Å². The lowest BCUT2D eigenvalue weighted by Gasteiger charge is -2.33. The molecule has 0 heterocycles. The molecule has 0 aromatic heterocycles. The summed E-state index contributed by atoms with van der Waals surface area (Å²) in [6.07, 6.45) is 3.26. The van der Waals surface area contributed by atoms with Crippen LogP contribution in [-0.4, -0.2) is 28.4 Å². The highest BCUT2D eigenvalue weighted by Crippen LogP contribution is 2.35. The first-order valence-electron chi connectivity index (χ1n) is 7.26. The Bertz CT molecular complexity index is 515. The molecule has 21 heavy (non-hydrogen) atoms. The lowest BCUT2D eigenvalue weighted by Crippen LogP contribution is -2.52. The van der Waals surface area contributed by atoms with Crippen LogP contribution in [0, 0.1) is 0 Å². The first-order valence-corrected chi connectivity index (χ1v) is 8.33. The fraction of sp³-hybridized carbons (Fsp3) is 0.562. The Morgan fingerprint density at radius 2 is 2.00 bits per heavy atom. The zero-order valence-corrected chi connectivity index (χ0v) is 13.5. The van der Waals surface area contributed by atoms with Crippen molar-refractivity contribution < 1.29 is 9.90 Å². The molecule has 3 nitrogen and oxygen atoms in total. The van der Waals surface area contributed by atoms with Gasteiger partial charge in [0, 0.05) is 18.2 Å². The van der Waals surface area contributed by atoms with Crippen molar-refractivity contribution in [1.82, 2.24) is 0 Å². The minimum Gasteiger partial charge on any atom is -0.480 e. The minimum atomic E-state index is -1.16. The number of hydrogen-bond donors (Lipinski definition) is 2. The van der Waals surface area contributed by atoms with Gasteiger partial charge in [-0.15, -0.1) is 23.2 Å². The standard InChI is InChI=1S/C16H21Cl2NO2/c17-8-5-12(6-9-18)13-3-1-2-11-4-7-16(19,15(20)21)10-14(11)13/h1-3,12H,4-10,19H2,(H,20,21). The lowest BCUT2D eigenvalue weighted by atomic mass is 9.74. The Labute approximate surface area is 135 Å². The second-order valence-electron chi connectivity index (χ2n) is 5.78. The van der Waals surface area contributed by atoms with E-state index in [0.29, 0.717) is 31.0 Å². The number of aryl methyl sites for hydroxylation is 1. The summed E-state index contributed by atoms with van der Waals surface area (Å²) in [6, 6.07) is 6.17. The average Bonchev–Trinajstić information content (AvgIpc) is 2.46. The van der Waals surface area contributed by atoms with E-state index >= 15 is 0 Å². The normalized spacial score (nSPS) is 21.3. The Hall–Kier alpha value is -0.770. The number of carboxylic acids is 1. The Balaban J connectivity index is 2.39. The summed E-state index contributed by atoms with van der Waals surface area (Å²) >= 11 is 11.8. The summed E-state index contributed by atoms with van der Waals surface area (Å²) in [4.78, 5) is 11.5. The van der Waals surface area contributed by atoms with Gasteiger partial charge in [0.1, 0.15) is 5.54 Å². The largest absolute Gasteiger partial charge is 0.480 e. The number of halogens is 2. The number of alkyl halides is 2. The van der Waals surface area contributed by atoms with Crippen molar-refractivity contribution in [2.45, 2.75) is 43.6 Å². The summed E-state index contributed by atoms with van der Waals surface area (Å²) in [5.41, 5.74) is 8.40. The van der Waals surface area contributed by atoms with E-state index in [1.807, 2.05) is 6.07 Å². The van der Waals surface area contributed by atoms with Gasteiger partial charge in [-0.1, -0.05) is 18.2 Å². The Morgan fingerprint density at radius 1 is 1.33 bits per heavy atom. The number of carboxylic acid groups (broad SMARTS) is 1. The second kappa shape index (κ2) is 6.99. The van der Waals surface area contributed by atoms with Gasteiger partial charge in [0.15, 0.2) is 0 Å². The van der Waals surface area contributed by atoms with Crippen LogP contribution in [0.5, 0.6) is 0 Å². The fourth-order valence-electron chi connectivity index (χ4n) is 3.15. The topological polar surface area (TPSA) is 63.3 Å². The molecule has 3 N–H and O–H groups in total. The van der Waals surface area contributed by atoms with Crippen LogP contribution in [0.25, 0.3) is 0 Å². The van der Waals surface area contributed by atoms with Crippen molar-refractivity contribution in [1.29, 1.82) is 0 Å². The van der Waals surface area contributed by atoms with E-state index in [1.54, 1.807) is 0 Å². The van der Waals surface area contributed by atoms with Gasteiger partial charge in [-0.2, -0.15) is 0 Å². The van der Waals surface area contributed by atoms with Crippen LogP contribution in [-0.2, 0) is 17.6 Å². The maximum absolute atomic E-state index is 11.5. The summed E-state index contributed by atoms with van der Waals surface area (Å²) in [6.45, 7) is 0. The van der Waals surface area contributed by atoms with Crippen molar-refractivity contribution >= 4 is 29.2 Å². The van der Waals surface area contributed by atoms with E-state index in [0.717, 1.165) is 18.4 Å². The van der Waals surface area contributed by atoms with Crippen LogP contribution < -0.4 is 5.73 Å². The molecule has 1 unspecified atom stereocenters. The van der Waals surface area contributed by atoms with Crippen LogP contribution in [0.4, 0.5) is 0 Å². The summed E-state index contributed by atoms with van der Waals surface area (Å²) in [5, 5.41) is 9.39. The molecular weight excluding hydrogens is 309 g/mol. The molecule has 0 radical (unpaired) electrons. The molecule has 116 valence electrons. The number of nitrogens with two attached hydrogens (primary N) is 1. The first kappa shape index (κ1) is 16.6. The third-order valence-corrected chi connectivity index (χ3v) is 4.86. The number of benzene rings is 1. The molecule has 1 atom stereocenters. The smallest absolute Gasteiger partial charge is 0.324 e. The predicted octanol–water partition coefficient (Wildman–Crippen LogP) is 3.30. The molecule has 1 aliphatic rings. The van der Waals surface area contributed by atoms with Crippen molar-refractivity contribution in [3.63, 3.8) is 0 Å². The summed E-state index contributed by atoms with van der Waals surface area (Å²) < 4.78 is 0. The van der Waals surface area contributed by atoms with Gasteiger partial charge in [0.05, 0.1) is 0 Å². The molecule has 5 heteroatoms. The van der Waals surface area contributed by atoms with Crippen LogP contribution in [0.3, 0.4) is 0 Å². The molecule has 0 amide bonds. The SMILES string of the molecule is NC1(C(=O)O)CCc2cccc(C(CCCl)CCCl)c2C1. The highest BCUT2D eigenvalue weighted by Gasteiger charge is 2.38. The third kappa shape index (κ3) is 3.53. The van der Waals surface area contributed by atoms with Gasteiger partial charge >= 0.3 is 5.97 Å². The van der Waals surface area contributed by atoms with Gasteiger partial charge in [-0.05, 0) is 48.3 Å². The van der Waals surface area contributed by atoms with Crippen molar-refractivity contribution in [2.24, 2.45) is 5.73 Å². The number of rotatable bonds is 6. The molecule has 0 spiro atoms. The summed E-state index contributed by atoms with van der Waals surface area (Å²) in [5.74, 6) is 0.482. The molecule has 0 aliphatic heterocycles. The van der Waals surface area contributed by atoms with Crippen molar-refractivity contribution in [3.8, 4) is 0 Å². The minimum absolute atomic E-state index is 0.270. The molecule has 1 aromatic carbocycles. The zero-order chi connectivity index (χ0) is 15.5. The maximum Gasteiger partial charge on any atom is 0.324 e. The number of aliphatic carboxylic acids is 1. The molecular formula is C16H21Cl2NO2. The van der Waals surface area contributed by atoms with E-state index in [2.05, 4.69) is 12.1 Å². The average molecular weight is 330 g/mol. The first-order chi connectivity index (χ1) is 10.0. The van der Waals surface area contributed by atoms with Gasteiger partial charge in [0.2, 0.25) is 0 Å². The van der Waals surface area contributed by atoms with E-state index in [4.69, 9.17) is 28.9 Å². The Kier molecular flexibility index (Phi) is 5.53. The van der Waals surface area contributed by atoms with Crippen LogP contribution in [0.15, 0.2) is 18.2 Å². The van der Waals surface area contributed by atoms with E-state index in [1.165, 1.54) is 11.1 Å². The fourth-order valence-corrected chi connectivity index (χ4v) is 3.68. The number of carbonyl (C=O) groups is 1. The molecule has 0 fully saturated rings. The van der Waals surface area contributed by atoms with Crippen LogP contribution >= 0.6 is 23.2 Å². The molecule has 0 saturated carbocycles.